The highest BCUT2D eigenvalue weighted by Crippen LogP contribution is 2.07. The standard InChI is InChI=1S/C9H12O3.C2H6O2/c1-5(6(2)10)9(7(3)11)8(4)12;3-1-2-4/h1-4H3;3-4H,1-2H2. The maximum absolute atomic E-state index is 10.9. The first-order chi connectivity index (χ1) is 7.29. The van der Waals surface area contributed by atoms with Crippen LogP contribution in [0.25, 0.3) is 0 Å². The quantitative estimate of drug-likeness (QED) is 0.404. The number of hydrogen-bond donors (Lipinski definition) is 2. The largest absolute Gasteiger partial charge is 0.394 e. The Morgan fingerprint density at radius 1 is 0.750 bits per heavy atom. The maximum atomic E-state index is 10.9. The zero-order valence-electron chi connectivity index (χ0n) is 10.0. The Labute approximate surface area is 94.8 Å². The number of hydrogen-bond acceptors (Lipinski definition) is 5. The molecule has 0 unspecified atom stereocenters. The molecule has 16 heavy (non-hydrogen) atoms. The van der Waals surface area contributed by atoms with Crippen LogP contribution in [0.1, 0.15) is 27.7 Å². The number of rotatable bonds is 4. The predicted molar refractivity (Wildman–Crippen MR) is 58.9 cm³/mol. The van der Waals surface area contributed by atoms with Gasteiger partial charge >= 0.3 is 0 Å². The molecule has 92 valence electrons. The van der Waals surface area contributed by atoms with Crippen molar-refractivity contribution < 1.29 is 24.6 Å². The molecular weight excluding hydrogens is 212 g/mol. The van der Waals surface area contributed by atoms with E-state index in [1.807, 2.05) is 0 Å². The van der Waals surface area contributed by atoms with Gasteiger partial charge in [-0.1, -0.05) is 0 Å². The van der Waals surface area contributed by atoms with Crippen LogP contribution in [0, 0.1) is 0 Å². The van der Waals surface area contributed by atoms with Crippen LogP contribution >= 0.6 is 0 Å². The van der Waals surface area contributed by atoms with Gasteiger partial charge in [0, 0.05) is 5.57 Å². The molecule has 2 N–H and O–H groups in total. The highest BCUT2D eigenvalue weighted by atomic mass is 16.3. The summed E-state index contributed by atoms with van der Waals surface area (Å²) >= 11 is 0. The van der Waals surface area contributed by atoms with Crippen LogP contribution in [0.4, 0.5) is 0 Å². The molecule has 0 rings (SSSR count). The summed E-state index contributed by atoms with van der Waals surface area (Å²) in [5, 5.41) is 15.2. The van der Waals surface area contributed by atoms with Crippen LogP contribution in [0.5, 0.6) is 0 Å². The van der Waals surface area contributed by atoms with E-state index < -0.39 is 0 Å². The topological polar surface area (TPSA) is 91.7 Å². The fourth-order valence-electron chi connectivity index (χ4n) is 0.952. The van der Waals surface area contributed by atoms with Gasteiger partial charge in [-0.05, 0) is 27.7 Å². The number of carbonyl (C=O) groups excluding carboxylic acids is 3. The summed E-state index contributed by atoms with van der Waals surface area (Å²) in [5.74, 6) is -0.944. The molecule has 0 saturated heterocycles. The van der Waals surface area contributed by atoms with Gasteiger partial charge in [0.2, 0.25) is 0 Å². The first-order valence-corrected chi connectivity index (χ1v) is 4.74. The summed E-state index contributed by atoms with van der Waals surface area (Å²) in [7, 11) is 0. The van der Waals surface area contributed by atoms with Gasteiger partial charge in [-0.2, -0.15) is 0 Å². The van der Waals surface area contributed by atoms with E-state index in [0.29, 0.717) is 0 Å². The Kier molecular flexibility index (Phi) is 9.54. The van der Waals surface area contributed by atoms with E-state index in [0.717, 1.165) is 0 Å². The van der Waals surface area contributed by atoms with Crippen molar-refractivity contribution in [3.8, 4) is 0 Å². The van der Waals surface area contributed by atoms with Crippen LogP contribution in [0.15, 0.2) is 11.1 Å². The van der Waals surface area contributed by atoms with Crippen molar-refractivity contribution in [3.63, 3.8) is 0 Å². The average Bonchev–Trinajstić information content (AvgIpc) is 2.16. The monoisotopic (exact) mass is 230 g/mol. The molecule has 0 aliphatic heterocycles. The summed E-state index contributed by atoms with van der Waals surface area (Å²) in [6.07, 6.45) is 0. The molecule has 0 saturated carbocycles. The average molecular weight is 230 g/mol. The molecule has 5 nitrogen and oxygen atoms in total. The molecule has 0 fully saturated rings. The molecule has 0 bridgehead atoms. The smallest absolute Gasteiger partial charge is 0.163 e. The van der Waals surface area contributed by atoms with Crippen molar-refractivity contribution in [2.75, 3.05) is 13.2 Å². The normalized spacial score (nSPS) is 8.62. The molecule has 0 aromatic rings. The van der Waals surface area contributed by atoms with Gasteiger partial charge in [-0.15, -0.1) is 0 Å². The SMILES string of the molecule is CC(=O)C(C)=C(C(C)=O)C(C)=O.OCCO. The molecular formula is C11H18O5. The second-order valence-corrected chi connectivity index (χ2v) is 3.12. The third-order valence-electron chi connectivity index (χ3n) is 1.71. The van der Waals surface area contributed by atoms with E-state index in [9.17, 15) is 14.4 Å². The van der Waals surface area contributed by atoms with Gasteiger partial charge in [0.25, 0.3) is 0 Å². The number of aliphatic hydroxyl groups excluding tert-OH is 2. The van der Waals surface area contributed by atoms with Crippen molar-refractivity contribution >= 4 is 17.3 Å². The Hall–Kier alpha value is -1.33. The molecule has 0 aromatic carbocycles. The van der Waals surface area contributed by atoms with Gasteiger partial charge < -0.3 is 10.2 Å². The van der Waals surface area contributed by atoms with Crippen molar-refractivity contribution in [2.24, 2.45) is 0 Å². The molecule has 0 spiro atoms. The lowest BCUT2D eigenvalue weighted by Gasteiger charge is -2.01. The predicted octanol–water partition coefficient (Wildman–Crippen LogP) is 0.0409. The zero-order chi connectivity index (χ0) is 13.3. The first kappa shape index (κ1) is 17.1. The summed E-state index contributed by atoms with van der Waals surface area (Å²) in [6.45, 7) is 5.13. The van der Waals surface area contributed by atoms with Crippen molar-refractivity contribution in [1.29, 1.82) is 0 Å². The highest BCUT2D eigenvalue weighted by Gasteiger charge is 2.15. The van der Waals surface area contributed by atoms with Crippen LogP contribution in [0.2, 0.25) is 0 Å². The fourth-order valence-corrected chi connectivity index (χ4v) is 0.952. The first-order valence-electron chi connectivity index (χ1n) is 4.74. The number of Topliss-reactive ketones (excluding diaryl/α,β-unsaturated/α-hetero) is 3. The summed E-state index contributed by atoms with van der Waals surface area (Å²) in [6, 6.07) is 0. The van der Waals surface area contributed by atoms with E-state index >= 15 is 0 Å². The molecule has 5 heteroatoms. The Morgan fingerprint density at radius 3 is 1.12 bits per heavy atom. The van der Waals surface area contributed by atoms with E-state index in [1.54, 1.807) is 0 Å². The van der Waals surface area contributed by atoms with Gasteiger partial charge in [-0.25, -0.2) is 0 Å². The number of aliphatic hydroxyl groups is 2. The minimum atomic E-state index is -0.352. The molecule has 0 radical (unpaired) electrons. The van der Waals surface area contributed by atoms with E-state index in [-0.39, 0.29) is 41.7 Å². The van der Waals surface area contributed by atoms with Gasteiger partial charge in [0.05, 0.1) is 18.8 Å². The highest BCUT2D eigenvalue weighted by molar-refractivity contribution is 6.22. The Balaban J connectivity index is 0. The van der Waals surface area contributed by atoms with Gasteiger partial charge in [-0.3, -0.25) is 14.4 Å². The molecule has 0 aliphatic rings. The summed E-state index contributed by atoms with van der Waals surface area (Å²) < 4.78 is 0. The molecule has 0 heterocycles. The second-order valence-electron chi connectivity index (χ2n) is 3.12. The third-order valence-corrected chi connectivity index (χ3v) is 1.71. The zero-order valence-corrected chi connectivity index (χ0v) is 10.0. The lowest BCUT2D eigenvalue weighted by Crippen LogP contribution is -2.12. The minimum absolute atomic E-state index is 0.0162. The maximum Gasteiger partial charge on any atom is 0.163 e. The minimum Gasteiger partial charge on any atom is -0.394 e. The Morgan fingerprint density at radius 2 is 1.06 bits per heavy atom. The van der Waals surface area contributed by atoms with E-state index in [4.69, 9.17) is 10.2 Å². The number of allylic oxidation sites excluding steroid dienone is 2. The second kappa shape index (κ2) is 8.94. The fraction of sp³-hybridized carbons (Fsp3) is 0.545. The summed E-state index contributed by atoms with van der Waals surface area (Å²) in [5.41, 5.74) is 0.262. The van der Waals surface area contributed by atoms with Crippen molar-refractivity contribution in [2.45, 2.75) is 27.7 Å². The lowest BCUT2D eigenvalue weighted by molar-refractivity contribution is -0.120. The Bertz CT molecular complexity index is 283. The van der Waals surface area contributed by atoms with Gasteiger partial charge in [0.15, 0.2) is 17.3 Å². The van der Waals surface area contributed by atoms with Crippen LogP contribution in [-0.2, 0) is 14.4 Å². The summed E-state index contributed by atoms with van der Waals surface area (Å²) in [4.78, 5) is 32.6. The number of ketones is 3. The van der Waals surface area contributed by atoms with Gasteiger partial charge in [0.1, 0.15) is 0 Å². The molecule has 0 atom stereocenters. The van der Waals surface area contributed by atoms with Crippen LogP contribution in [-0.4, -0.2) is 40.8 Å². The van der Waals surface area contributed by atoms with Crippen molar-refractivity contribution in [1.82, 2.24) is 0 Å². The van der Waals surface area contributed by atoms with Crippen molar-refractivity contribution in [3.05, 3.63) is 11.1 Å². The molecule has 0 aromatic heterocycles. The third kappa shape index (κ3) is 7.03. The lowest BCUT2D eigenvalue weighted by atomic mass is 10.0. The molecule has 0 aliphatic carbocycles. The number of carbonyl (C=O) groups is 3. The van der Waals surface area contributed by atoms with E-state index in [2.05, 4.69) is 0 Å². The van der Waals surface area contributed by atoms with Crippen LogP contribution in [0.3, 0.4) is 0 Å². The van der Waals surface area contributed by atoms with E-state index in [1.165, 1.54) is 27.7 Å². The van der Waals surface area contributed by atoms with Crippen LogP contribution < -0.4 is 0 Å². The molecule has 0 amide bonds.